The first-order valence-corrected chi connectivity index (χ1v) is 7.94. The van der Waals surface area contributed by atoms with Crippen LogP contribution in [0.4, 0.5) is 4.39 Å². The molecule has 2 atom stereocenters. The summed E-state index contributed by atoms with van der Waals surface area (Å²) in [5, 5.41) is 3.38. The topological polar surface area (TPSA) is 58.2 Å². The maximum Gasteiger partial charge on any atom is 0.243 e. The molecule has 1 saturated heterocycles. The fourth-order valence-electron chi connectivity index (χ4n) is 2.14. The molecule has 1 aliphatic rings. The van der Waals surface area contributed by atoms with E-state index in [1.165, 1.54) is 6.07 Å². The first-order chi connectivity index (χ1) is 8.90. The minimum atomic E-state index is -3.88. The fourth-order valence-corrected chi connectivity index (χ4v) is 3.85. The molecule has 0 aliphatic carbocycles. The predicted octanol–water partition coefficient (Wildman–Crippen LogP) is 1.76. The zero-order chi connectivity index (χ0) is 14.0. The number of hydrogen-bond donors (Lipinski definition) is 2. The molecule has 0 amide bonds. The second-order valence-electron chi connectivity index (χ2n) is 4.77. The molecular weight excluding hydrogens is 291 g/mol. The van der Waals surface area contributed by atoms with E-state index in [0.29, 0.717) is 6.42 Å². The molecule has 1 heterocycles. The van der Waals surface area contributed by atoms with E-state index in [1.54, 1.807) is 0 Å². The number of nitrogens with one attached hydrogen (secondary N) is 2. The monoisotopic (exact) mass is 306 g/mol. The Morgan fingerprint density at radius 1 is 1.47 bits per heavy atom. The molecule has 19 heavy (non-hydrogen) atoms. The van der Waals surface area contributed by atoms with Crippen LogP contribution in [0.2, 0.25) is 5.02 Å². The lowest BCUT2D eigenvalue weighted by molar-refractivity contribution is 0.327. The van der Waals surface area contributed by atoms with E-state index in [9.17, 15) is 12.8 Å². The van der Waals surface area contributed by atoms with Gasteiger partial charge in [0, 0.05) is 11.1 Å². The molecule has 106 valence electrons. The molecule has 0 saturated carbocycles. The van der Waals surface area contributed by atoms with Crippen LogP contribution in [0, 0.1) is 11.7 Å². The van der Waals surface area contributed by atoms with E-state index in [1.807, 2.05) is 6.92 Å². The molecule has 0 radical (unpaired) electrons. The Labute approximate surface area is 117 Å². The smallest absolute Gasteiger partial charge is 0.243 e. The van der Waals surface area contributed by atoms with Crippen LogP contribution < -0.4 is 10.0 Å². The Kier molecular flexibility index (Phi) is 4.45. The lowest BCUT2D eigenvalue weighted by Crippen LogP contribution is -2.48. The van der Waals surface area contributed by atoms with Crippen molar-refractivity contribution < 1.29 is 12.8 Å². The van der Waals surface area contributed by atoms with Gasteiger partial charge in [-0.25, -0.2) is 17.5 Å². The van der Waals surface area contributed by atoms with Gasteiger partial charge in [0.1, 0.15) is 10.7 Å². The molecule has 2 N–H and O–H groups in total. The molecule has 7 heteroatoms. The van der Waals surface area contributed by atoms with Crippen molar-refractivity contribution in [3.63, 3.8) is 0 Å². The van der Waals surface area contributed by atoms with Gasteiger partial charge < -0.3 is 5.32 Å². The van der Waals surface area contributed by atoms with Crippen LogP contribution in [0.3, 0.4) is 0 Å². The molecule has 0 bridgehead atoms. The third kappa shape index (κ3) is 3.45. The highest BCUT2D eigenvalue weighted by atomic mass is 35.5. The summed E-state index contributed by atoms with van der Waals surface area (Å²) in [6, 6.07) is 3.32. The number of piperidine rings is 1. The summed E-state index contributed by atoms with van der Waals surface area (Å²) in [4.78, 5) is -0.397. The van der Waals surface area contributed by atoms with Crippen molar-refractivity contribution in [1.29, 1.82) is 0 Å². The van der Waals surface area contributed by atoms with Crippen LogP contribution in [0.1, 0.15) is 13.3 Å². The maximum atomic E-state index is 13.6. The zero-order valence-electron chi connectivity index (χ0n) is 10.5. The lowest BCUT2D eigenvalue weighted by atomic mass is 9.97. The first-order valence-electron chi connectivity index (χ1n) is 6.08. The summed E-state index contributed by atoms with van der Waals surface area (Å²) < 4.78 is 40.6. The number of hydrogen-bond acceptors (Lipinski definition) is 3. The molecule has 0 aromatic heterocycles. The lowest BCUT2D eigenvalue weighted by Gasteiger charge is -2.30. The van der Waals surface area contributed by atoms with E-state index in [-0.39, 0.29) is 17.0 Å². The fraction of sp³-hybridized carbons (Fsp3) is 0.500. The van der Waals surface area contributed by atoms with Crippen LogP contribution in [0.5, 0.6) is 0 Å². The molecule has 2 unspecified atom stereocenters. The molecule has 0 spiro atoms. The number of halogens is 2. The summed E-state index contributed by atoms with van der Waals surface area (Å²) in [7, 11) is -3.88. The van der Waals surface area contributed by atoms with E-state index >= 15 is 0 Å². The van der Waals surface area contributed by atoms with Gasteiger partial charge in [-0.05, 0) is 43.6 Å². The van der Waals surface area contributed by atoms with Crippen LogP contribution in [0.25, 0.3) is 0 Å². The van der Waals surface area contributed by atoms with Gasteiger partial charge >= 0.3 is 0 Å². The van der Waals surface area contributed by atoms with Crippen LogP contribution >= 0.6 is 11.6 Å². The summed E-state index contributed by atoms with van der Waals surface area (Å²) in [5.41, 5.74) is 0. The van der Waals surface area contributed by atoms with Crippen LogP contribution in [-0.4, -0.2) is 27.5 Å². The second-order valence-corrected chi connectivity index (χ2v) is 6.89. The second kappa shape index (κ2) is 5.75. The minimum absolute atomic E-state index is 0.158. The van der Waals surface area contributed by atoms with Crippen LogP contribution in [-0.2, 0) is 10.0 Å². The van der Waals surface area contributed by atoms with E-state index in [4.69, 9.17) is 11.6 Å². The standard InChI is InChI=1S/C12H16ClFN2O2S/c1-8-7-15-5-4-11(8)16-19(17,18)12-6-9(13)2-3-10(12)14/h2-3,6,8,11,15-16H,4-5,7H2,1H3. The SMILES string of the molecule is CC1CNCCC1NS(=O)(=O)c1cc(Cl)ccc1F. The van der Waals surface area contributed by atoms with Gasteiger partial charge in [-0.3, -0.25) is 0 Å². The Balaban J connectivity index is 2.24. The van der Waals surface area contributed by atoms with Gasteiger partial charge in [-0.15, -0.1) is 0 Å². The van der Waals surface area contributed by atoms with Crippen LogP contribution in [0.15, 0.2) is 23.1 Å². The Morgan fingerprint density at radius 2 is 2.21 bits per heavy atom. The molecule has 1 aromatic rings. The molecule has 1 aliphatic heterocycles. The molecule has 4 nitrogen and oxygen atoms in total. The van der Waals surface area contributed by atoms with Crippen molar-refractivity contribution in [1.82, 2.24) is 10.0 Å². The summed E-state index contributed by atoms with van der Waals surface area (Å²) in [6.45, 7) is 3.44. The van der Waals surface area contributed by atoms with Crippen molar-refractivity contribution in [2.45, 2.75) is 24.3 Å². The predicted molar refractivity (Wildman–Crippen MR) is 72.2 cm³/mol. The first kappa shape index (κ1) is 14.7. The Hall–Kier alpha value is -0.690. The van der Waals surface area contributed by atoms with Crippen molar-refractivity contribution >= 4 is 21.6 Å². The van der Waals surface area contributed by atoms with Gasteiger partial charge in [0.05, 0.1) is 0 Å². The Bertz CT molecular complexity index is 565. The van der Waals surface area contributed by atoms with Crippen molar-refractivity contribution in [2.75, 3.05) is 13.1 Å². The minimum Gasteiger partial charge on any atom is -0.316 e. The number of sulfonamides is 1. The molecule has 1 fully saturated rings. The quantitative estimate of drug-likeness (QED) is 0.894. The van der Waals surface area contributed by atoms with E-state index in [0.717, 1.165) is 25.2 Å². The average Bonchev–Trinajstić information content (AvgIpc) is 2.35. The summed E-state index contributed by atoms with van der Waals surface area (Å²) in [6.07, 6.45) is 0.683. The van der Waals surface area contributed by atoms with Gasteiger partial charge in [0.2, 0.25) is 10.0 Å². The highest BCUT2D eigenvalue weighted by molar-refractivity contribution is 7.89. The number of rotatable bonds is 3. The van der Waals surface area contributed by atoms with Crippen molar-refractivity contribution in [3.8, 4) is 0 Å². The van der Waals surface area contributed by atoms with E-state index in [2.05, 4.69) is 10.0 Å². The van der Waals surface area contributed by atoms with Crippen molar-refractivity contribution in [3.05, 3.63) is 29.0 Å². The zero-order valence-corrected chi connectivity index (χ0v) is 12.1. The third-order valence-corrected chi connectivity index (χ3v) is 5.01. The number of benzene rings is 1. The van der Waals surface area contributed by atoms with E-state index < -0.39 is 20.7 Å². The Morgan fingerprint density at radius 3 is 2.89 bits per heavy atom. The highest BCUT2D eigenvalue weighted by Gasteiger charge is 2.28. The summed E-state index contributed by atoms with van der Waals surface area (Å²) >= 11 is 5.73. The van der Waals surface area contributed by atoms with Gasteiger partial charge in [-0.1, -0.05) is 18.5 Å². The maximum absolute atomic E-state index is 13.6. The normalized spacial score (nSPS) is 24.4. The third-order valence-electron chi connectivity index (χ3n) is 3.27. The van der Waals surface area contributed by atoms with Gasteiger partial charge in [0.25, 0.3) is 0 Å². The largest absolute Gasteiger partial charge is 0.316 e. The molecule has 1 aromatic carbocycles. The average molecular weight is 307 g/mol. The molecule has 2 rings (SSSR count). The molecular formula is C12H16ClFN2O2S. The van der Waals surface area contributed by atoms with Gasteiger partial charge in [0.15, 0.2) is 0 Å². The van der Waals surface area contributed by atoms with Gasteiger partial charge in [-0.2, -0.15) is 0 Å². The summed E-state index contributed by atoms with van der Waals surface area (Å²) in [5.74, 6) is -0.635. The highest BCUT2D eigenvalue weighted by Crippen LogP contribution is 2.21. The van der Waals surface area contributed by atoms with Crippen molar-refractivity contribution in [2.24, 2.45) is 5.92 Å².